The van der Waals surface area contributed by atoms with Crippen LogP contribution in [0.5, 0.6) is 5.75 Å². The maximum Gasteiger partial charge on any atom is 0.387 e. The molecular formula is C17H12F2N4O3. The SMILES string of the molecule is O=C(N/N=C\c1ccc(OC(F)F)cc1)c1n[nH]c(=O)c2ccccc12. The third-order valence-electron chi connectivity index (χ3n) is 3.40. The van der Waals surface area contributed by atoms with Crippen LogP contribution >= 0.6 is 0 Å². The van der Waals surface area contributed by atoms with Gasteiger partial charge in [-0.05, 0) is 35.9 Å². The zero-order valence-electron chi connectivity index (χ0n) is 13.1. The van der Waals surface area contributed by atoms with Crippen molar-refractivity contribution in [1.29, 1.82) is 0 Å². The highest BCUT2D eigenvalue weighted by molar-refractivity contribution is 6.04. The lowest BCUT2D eigenvalue weighted by atomic mass is 10.1. The molecule has 2 aromatic carbocycles. The number of carbonyl (C=O) groups excluding carboxylic acids is 1. The molecule has 2 N–H and O–H groups in total. The lowest BCUT2D eigenvalue weighted by Gasteiger charge is -2.04. The van der Waals surface area contributed by atoms with Crippen molar-refractivity contribution >= 4 is 22.9 Å². The number of hydrogen-bond donors (Lipinski definition) is 2. The molecule has 0 bridgehead atoms. The molecule has 0 fully saturated rings. The van der Waals surface area contributed by atoms with Crippen molar-refractivity contribution in [3.8, 4) is 5.75 Å². The summed E-state index contributed by atoms with van der Waals surface area (Å²) in [5.41, 5.74) is 2.49. The van der Waals surface area contributed by atoms with E-state index < -0.39 is 18.1 Å². The summed E-state index contributed by atoms with van der Waals surface area (Å²) in [7, 11) is 0. The zero-order valence-corrected chi connectivity index (χ0v) is 13.1. The van der Waals surface area contributed by atoms with Gasteiger partial charge in [0.2, 0.25) is 0 Å². The van der Waals surface area contributed by atoms with Crippen LogP contribution < -0.4 is 15.7 Å². The Bertz CT molecular complexity index is 1020. The maximum absolute atomic E-state index is 12.2. The van der Waals surface area contributed by atoms with Crippen molar-refractivity contribution in [3.63, 3.8) is 0 Å². The van der Waals surface area contributed by atoms with Crippen LogP contribution in [-0.4, -0.2) is 28.9 Å². The first-order valence-electron chi connectivity index (χ1n) is 7.40. The third-order valence-corrected chi connectivity index (χ3v) is 3.40. The van der Waals surface area contributed by atoms with Gasteiger partial charge in [-0.3, -0.25) is 9.59 Å². The number of halogens is 2. The van der Waals surface area contributed by atoms with Crippen molar-refractivity contribution in [2.45, 2.75) is 6.61 Å². The molecule has 3 aromatic rings. The minimum atomic E-state index is -2.89. The van der Waals surface area contributed by atoms with Crippen LogP contribution in [0.25, 0.3) is 10.8 Å². The number of fused-ring (bicyclic) bond motifs is 1. The van der Waals surface area contributed by atoms with Crippen molar-refractivity contribution in [1.82, 2.24) is 15.6 Å². The van der Waals surface area contributed by atoms with Crippen LogP contribution in [0.1, 0.15) is 16.1 Å². The van der Waals surface area contributed by atoms with Crippen LogP contribution in [0.4, 0.5) is 8.78 Å². The van der Waals surface area contributed by atoms with E-state index in [1.807, 2.05) is 0 Å². The lowest BCUT2D eigenvalue weighted by molar-refractivity contribution is -0.0498. The first kappa shape index (κ1) is 17.2. The molecule has 7 nitrogen and oxygen atoms in total. The van der Waals surface area contributed by atoms with Crippen LogP contribution in [0, 0.1) is 0 Å². The summed E-state index contributed by atoms with van der Waals surface area (Å²) < 4.78 is 28.4. The number of amides is 1. The van der Waals surface area contributed by atoms with Crippen LogP contribution in [-0.2, 0) is 0 Å². The molecule has 1 heterocycles. The summed E-state index contributed by atoms with van der Waals surface area (Å²) in [5, 5.41) is 10.6. The number of H-pyrrole nitrogens is 1. The normalized spacial score (nSPS) is 11.2. The summed E-state index contributed by atoms with van der Waals surface area (Å²) in [4.78, 5) is 23.9. The highest BCUT2D eigenvalue weighted by atomic mass is 19.3. The topological polar surface area (TPSA) is 96.4 Å². The Balaban J connectivity index is 1.72. The number of alkyl halides is 2. The van der Waals surface area contributed by atoms with Crippen LogP contribution in [0.3, 0.4) is 0 Å². The fraction of sp³-hybridized carbons (Fsp3) is 0.0588. The highest BCUT2D eigenvalue weighted by Crippen LogP contribution is 2.14. The van der Waals surface area contributed by atoms with Gasteiger partial charge >= 0.3 is 6.61 Å². The first-order chi connectivity index (χ1) is 12.5. The van der Waals surface area contributed by atoms with Crippen molar-refractivity contribution in [2.24, 2.45) is 5.10 Å². The quantitative estimate of drug-likeness (QED) is 0.540. The largest absolute Gasteiger partial charge is 0.435 e. The Morgan fingerprint density at radius 1 is 1.15 bits per heavy atom. The second-order valence-electron chi connectivity index (χ2n) is 5.09. The van der Waals surface area contributed by atoms with E-state index >= 15 is 0 Å². The van der Waals surface area contributed by atoms with Gasteiger partial charge in [0.1, 0.15) is 5.75 Å². The van der Waals surface area contributed by atoms with E-state index in [1.54, 1.807) is 24.3 Å². The summed E-state index contributed by atoms with van der Waals surface area (Å²) in [6.07, 6.45) is 1.33. The van der Waals surface area contributed by atoms with Gasteiger partial charge in [-0.15, -0.1) is 0 Å². The number of nitrogens with one attached hydrogen (secondary N) is 2. The Labute approximate surface area is 145 Å². The maximum atomic E-state index is 12.2. The van der Waals surface area contributed by atoms with Gasteiger partial charge in [-0.2, -0.15) is 19.0 Å². The number of hydrazone groups is 1. The standard InChI is InChI=1S/C17H12F2N4O3/c18-17(19)26-11-7-5-10(6-8-11)9-20-22-16(25)14-12-3-1-2-4-13(12)15(24)23-21-14/h1-9,17H,(H,22,25)(H,23,24)/b20-9-. The number of aromatic nitrogens is 2. The van der Waals surface area contributed by atoms with E-state index in [-0.39, 0.29) is 11.4 Å². The summed E-state index contributed by atoms with van der Waals surface area (Å²) in [5.74, 6) is -0.587. The number of nitrogens with zero attached hydrogens (tertiary/aromatic N) is 2. The molecule has 26 heavy (non-hydrogen) atoms. The summed E-state index contributed by atoms with van der Waals surface area (Å²) >= 11 is 0. The Morgan fingerprint density at radius 2 is 1.85 bits per heavy atom. The summed E-state index contributed by atoms with van der Waals surface area (Å²) in [6, 6.07) is 12.3. The fourth-order valence-corrected chi connectivity index (χ4v) is 2.24. The predicted octanol–water partition coefficient (Wildman–Crippen LogP) is 2.29. The van der Waals surface area contributed by atoms with Gasteiger partial charge in [0.05, 0.1) is 11.6 Å². The molecule has 0 aliphatic rings. The van der Waals surface area contributed by atoms with Gasteiger partial charge in [-0.1, -0.05) is 18.2 Å². The number of hydrogen-bond acceptors (Lipinski definition) is 5. The van der Waals surface area contributed by atoms with E-state index in [4.69, 9.17) is 0 Å². The molecule has 9 heteroatoms. The van der Waals surface area contributed by atoms with E-state index in [0.717, 1.165) is 0 Å². The van der Waals surface area contributed by atoms with E-state index in [1.165, 1.54) is 30.5 Å². The molecule has 0 unspecified atom stereocenters. The summed E-state index contributed by atoms with van der Waals surface area (Å²) in [6.45, 7) is -2.89. The van der Waals surface area contributed by atoms with Gasteiger partial charge < -0.3 is 4.74 Å². The number of carbonyl (C=O) groups is 1. The lowest BCUT2D eigenvalue weighted by Crippen LogP contribution is -2.22. The molecule has 0 saturated heterocycles. The number of aromatic amines is 1. The minimum absolute atomic E-state index is 0.0186. The average molecular weight is 358 g/mol. The monoisotopic (exact) mass is 358 g/mol. The van der Waals surface area contributed by atoms with Crippen molar-refractivity contribution < 1.29 is 18.3 Å². The molecule has 0 aliphatic carbocycles. The molecule has 3 rings (SSSR count). The average Bonchev–Trinajstić information content (AvgIpc) is 2.63. The highest BCUT2D eigenvalue weighted by Gasteiger charge is 2.13. The molecule has 132 valence electrons. The fourth-order valence-electron chi connectivity index (χ4n) is 2.24. The van der Waals surface area contributed by atoms with Gasteiger partial charge in [0.25, 0.3) is 11.5 Å². The number of ether oxygens (including phenoxy) is 1. The third kappa shape index (κ3) is 3.89. The van der Waals surface area contributed by atoms with Crippen LogP contribution in [0.2, 0.25) is 0 Å². The zero-order chi connectivity index (χ0) is 18.5. The molecule has 0 aliphatic heterocycles. The van der Waals surface area contributed by atoms with E-state index in [2.05, 4.69) is 25.5 Å². The second kappa shape index (κ2) is 7.51. The molecule has 0 atom stereocenters. The molecule has 0 radical (unpaired) electrons. The van der Waals surface area contributed by atoms with E-state index in [0.29, 0.717) is 16.3 Å². The van der Waals surface area contributed by atoms with Gasteiger partial charge in [-0.25, -0.2) is 10.5 Å². The number of benzene rings is 2. The van der Waals surface area contributed by atoms with Crippen LogP contribution in [0.15, 0.2) is 58.4 Å². The number of rotatable bonds is 5. The Hall–Kier alpha value is -3.62. The minimum Gasteiger partial charge on any atom is -0.435 e. The second-order valence-corrected chi connectivity index (χ2v) is 5.09. The molecule has 0 saturated carbocycles. The van der Waals surface area contributed by atoms with Crippen molar-refractivity contribution in [3.05, 3.63) is 70.1 Å². The first-order valence-corrected chi connectivity index (χ1v) is 7.40. The predicted molar refractivity (Wildman–Crippen MR) is 90.5 cm³/mol. The smallest absolute Gasteiger partial charge is 0.387 e. The van der Waals surface area contributed by atoms with Crippen molar-refractivity contribution in [2.75, 3.05) is 0 Å². The molecule has 0 spiro atoms. The van der Waals surface area contributed by atoms with Gasteiger partial charge in [0, 0.05) is 5.39 Å². The van der Waals surface area contributed by atoms with E-state index in [9.17, 15) is 18.4 Å². The Morgan fingerprint density at radius 3 is 2.54 bits per heavy atom. The Kier molecular flexibility index (Phi) is 4.97. The van der Waals surface area contributed by atoms with Gasteiger partial charge in [0.15, 0.2) is 5.69 Å². The molecule has 1 aromatic heterocycles. The molecule has 1 amide bonds. The molecular weight excluding hydrogens is 346 g/mol.